The third-order valence-corrected chi connectivity index (χ3v) is 5.52. The molecule has 1 saturated heterocycles. The van der Waals surface area contributed by atoms with Gasteiger partial charge in [-0.25, -0.2) is 9.18 Å². The van der Waals surface area contributed by atoms with Gasteiger partial charge in [-0.1, -0.05) is 12.1 Å². The molecule has 3 heterocycles. The number of hydrogen-bond donors (Lipinski definition) is 1. The Labute approximate surface area is 158 Å². The highest BCUT2D eigenvalue weighted by Gasteiger charge is 2.27. The lowest BCUT2D eigenvalue weighted by Gasteiger charge is -2.28. The summed E-state index contributed by atoms with van der Waals surface area (Å²) in [6, 6.07) is 6.19. The molecule has 0 atom stereocenters. The van der Waals surface area contributed by atoms with Crippen LogP contribution in [0.3, 0.4) is 0 Å². The molecule has 0 saturated carbocycles. The monoisotopic (exact) mass is 371 g/mol. The maximum atomic E-state index is 13.3. The Hall–Kier alpha value is -2.41. The molecule has 27 heavy (non-hydrogen) atoms. The van der Waals surface area contributed by atoms with E-state index in [1.54, 1.807) is 6.07 Å². The fourth-order valence-electron chi connectivity index (χ4n) is 4.05. The number of carbonyl (C=O) groups is 1. The summed E-state index contributed by atoms with van der Waals surface area (Å²) in [5.74, 6) is -0.287. The van der Waals surface area contributed by atoms with Gasteiger partial charge in [0.05, 0.1) is 17.9 Å². The van der Waals surface area contributed by atoms with E-state index < -0.39 is 0 Å². The van der Waals surface area contributed by atoms with Crippen LogP contribution < -0.4 is 5.32 Å². The van der Waals surface area contributed by atoms with Crippen LogP contribution in [0.15, 0.2) is 24.3 Å². The van der Waals surface area contributed by atoms with Gasteiger partial charge in [0.1, 0.15) is 5.82 Å². The zero-order valence-electron chi connectivity index (χ0n) is 15.7. The zero-order chi connectivity index (χ0) is 18.8. The second-order valence-electron chi connectivity index (χ2n) is 7.44. The molecule has 2 aromatic rings. The van der Waals surface area contributed by atoms with Crippen molar-refractivity contribution in [3.63, 3.8) is 0 Å². The normalized spacial score (nSPS) is 17.2. The molecule has 0 radical (unpaired) electrons. The molecule has 144 valence electrons. The van der Waals surface area contributed by atoms with Gasteiger partial charge >= 0.3 is 6.03 Å². The number of hydrogen-bond acceptors (Lipinski definition) is 3. The number of halogens is 1. The standard InChI is InChI=1S/C20H26FN5O/c1-24-19-14-26(20(27)22-12-15-5-4-6-16(21)11-15)10-7-17(19)18(23-24)13-25-8-2-3-9-25/h4-6,11H,2-3,7-10,12-14H2,1H3,(H,22,27). The fraction of sp³-hybridized carbons (Fsp3) is 0.500. The highest BCUT2D eigenvalue weighted by atomic mass is 19.1. The quantitative estimate of drug-likeness (QED) is 0.898. The first-order valence-electron chi connectivity index (χ1n) is 9.63. The minimum atomic E-state index is -0.287. The van der Waals surface area contributed by atoms with Crippen LogP contribution in [-0.2, 0) is 33.1 Å². The van der Waals surface area contributed by atoms with E-state index in [0.717, 1.165) is 43.0 Å². The highest BCUT2D eigenvalue weighted by molar-refractivity contribution is 5.74. The Morgan fingerprint density at radius 1 is 1.26 bits per heavy atom. The van der Waals surface area contributed by atoms with Crippen molar-refractivity contribution >= 4 is 6.03 Å². The van der Waals surface area contributed by atoms with Crippen LogP contribution in [0.4, 0.5) is 9.18 Å². The second kappa shape index (κ2) is 7.68. The summed E-state index contributed by atoms with van der Waals surface area (Å²) in [7, 11) is 1.96. The number of nitrogens with zero attached hydrogens (tertiary/aromatic N) is 4. The third-order valence-electron chi connectivity index (χ3n) is 5.52. The van der Waals surface area contributed by atoms with Crippen LogP contribution in [0.5, 0.6) is 0 Å². The van der Waals surface area contributed by atoms with Gasteiger partial charge in [0.2, 0.25) is 0 Å². The number of urea groups is 1. The Bertz CT molecular complexity index is 828. The summed E-state index contributed by atoms with van der Waals surface area (Å²) in [5.41, 5.74) is 4.35. The van der Waals surface area contributed by atoms with Gasteiger partial charge in [-0.15, -0.1) is 0 Å². The van der Waals surface area contributed by atoms with Gasteiger partial charge < -0.3 is 10.2 Å². The first-order chi connectivity index (χ1) is 13.1. The van der Waals surface area contributed by atoms with Crippen molar-refractivity contribution in [2.24, 2.45) is 7.05 Å². The number of aromatic nitrogens is 2. The van der Waals surface area contributed by atoms with Gasteiger partial charge in [0.25, 0.3) is 0 Å². The van der Waals surface area contributed by atoms with Crippen molar-refractivity contribution in [1.29, 1.82) is 0 Å². The Morgan fingerprint density at radius 2 is 2.07 bits per heavy atom. The molecule has 2 aliphatic heterocycles. The summed E-state index contributed by atoms with van der Waals surface area (Å²) in [6.45, 7) is 4.79. The molecule has 0 aliphatic carbocycles. The predicted octanol–water partition coefficient (Wildman–Crippen LogP) is 2.42. The van der Waals surface area contributed by atoms with E-state index in [1.807, 2.05) is 22.7 Å². The number of benzene rings is 1. The SMILES string of the molecule is Cn1nc(CN2CCCC2)c2c1CN(C(=O)NCc1cccc(F)c1)CC2. The molecular formula is C20H26FN5O. The summed E-state index contributed by atoms with van der Waals surface area (Å²) >= 11 is 0. The molecule has 1 N–H and O–H groups in total. The van der Waals surface area contributed by atoms with E-state index in [4.69, 9.17) is 5.10 Å². The lowest BCUT2D eigenvalue weighted by Crippen LogP contribution is -2.43. The molecule has 4 rings (SSSR count). The Balaban J connectivity index is 1.39. The van der Waals surface area contributed by atoms with Crippen LogP contribution in [0.1, 0.15) is 35.4 Å². The largest absolute Gasteiger partial charge is 0.334 e. The molecule has 7 heteroatoms. The first kappa shape index (κ1) is 18.0. The minimum absolute atomic E-state index is 0.118. The molecule has 1 aromatic heterocycles. The van der Waals surface area contributed by atoms with Crippen molar-refractivity contribution in [2.75, 3.05) is 19.6 Å². The minimum Gasteiger partial charge on any atom is -0.334 e. The number of fused-ring (bicyclic) bond motifs is 1. The summed E-state index contributed by atoms with van der Waals surface area (Å²) < 4.78 is 15.2. The third kappa shape index (κ3) is 3.98. The van der Waals surface area contributed by atoms with Crippen molar-refractivity contribution in [3.8, 4) is 0 Å². The molecule has 0 spiro atoms. The summed E-state index contributed by atoms with van der Waals surface area (Å²) in [6.07, 6.45) is 3.38. The Morgan fingerprint density at radius 3 is 2.85 bits per heavy atom. The average Bonchev–Trinajstić information content (AvgIpc) is 3.28. The average molecular weight is 371 g/mol. The smallest absolute Gasteiger partial charge is 0.318 e. The van der Waals surface area contributed by atoms with Crippen molar-refractivity contribution in [3.05, 3.63) is 52.6 Å². The Kier molecular flexibility index (Phi) is 5.11. The maximum absolute atomic E-state index is 13.3. The lowest BCUT2D eigenvalue weighted by molar-refractivity contribution is 0.190. The molecule has 2 amide bonds. The predicted molar refractivity (Wildman–Crippen MR) is 100 cm³/mol. The second-order valence-corrected chi connectivity index (χ2v) is 7.44. The topological polar surface area (TPSA) is 53.4 Å². The molecular weight excluding hydrogens is 345 g/mol. The van der Waals surface area contributed by atoms with Gasteiger partial charge in [-0.05, 0) is 50.0 Å². The van der Waals surface area contributed by atoms with Crippen LogP contribution in [0.25, 0.3) is 0 Å². The molecule has 6 nitrogen and oxygen atoms in total. The van der Waals surface area contributed by atoms with E-state index in [9.17, 15) is 9.18 Å². The molecule has 0 unspecified atom stereocenters. The number of aryl methyl sites for hydroxylation is 1. The van der Waals surface area contributed by atoms with Crippen LogP contribution in [0, 0.1) is 5.82 Å². The van der Waals surface area contributed by atoms with Crippen LogP contribution in [0.2, 0.25) is 0 Å². The number of carbonyl (C=O) groups excluding carboxylic acids is 1. The van der Waals surface area contributed by atoms with E-state index in [2.05, 4.69) is 10.2 Å². The van der Waals surface area contributed by atoms with Gasteiger partial charge in [-0.3, -0.25) is 9.58 Å². The van der Waals surface area contributed by atoms with Crippen molar-refractivity contribution in [1.82, 2.24) is 24.9 Å². The molecule has 1 fully saturated rings. The van der Waals surface area contributed by atoms with E-state index in [1.165, 1.54) is 30.5 Å². The van der Waals surface area contributed by atoms with Crippen molar-refractivity contribution < 1.29 is 9.18 Å². The van der Waals surface area contributed by atoms with E-state index in [-0.39, 0.29) is 11.8 Å². The lowest BCUT2D eigenvalue weighted by atomic mass is 10.0. The van der Waals surface area contributed by atoms with E-state index in [0.29, 0.717) is 19.6 Å². The van der Waals surface area contributed by atoms with Gasteiger partial charge in [0.15, 0.2) is 0 Å². The molecule has 2 aliphatic rings. The summed E-state index contributed by atoms with van der Waals surface area (Å²) in [4.78, 5) is 16.8. The maximum Gasteiger partial charge on any atom is 0.318 e. The van der Waals surface area contributed by atoms with Crippen LogP contribution in [-0.4, -0.2) is 45.2 Å². The zero-order valence-corrected chi connectivity index (χ0v) is 15.7. The van der Waals surface area contributed by atoms with Gasteiger partial charge in [0, 0.05) is 32.2 Å². The molecule has 0 bridgehead atoms. The summed E-state index contributed by atoms with van der Waals surface area (Å²) in [5, 5.41) is 7.62. The number of amides is 2. The van der Waals surface area contributed by atoms with Gasteiger partial charge in [-0.2, -0.15) is 5.10 Å². The number of rotatable bonds is 4. The van der Waals surface area contributed by atoms with Crippen LogP contribution >= 0.6 is 0 Å². The fourth-order valence-corrected chi connectivity index (χ4v) is 4.05. The number of nitrogens with one attached hydrogen (secondary N) is 1. The first-order valence-corrected chi connectivity index (χ1v) is 9.63. The van der Waals surface area contributed by atoms with Crippen molar-refractivity contribution in [2.45, 2.75) is 38.9 Å². The molecule has 1 aromatic carbocycles. The number of likely N-dealkylation sites (tertiary alicyclic amines) is 1. The van der Waals surface area contributed by atoms with E-state index >= 15 is 0 Å². The highest BCUT2D eigenvalue weighted by Crippen LogP contribution is 2.24.